The van der Waals surface area contributed by atoms with Crippen LogP contribution in [0.3, 0.4) is 0 Å². The third kappa shape index (κ3) is 4.52. The zero-order chi connectivity index (χ0) is 15.1. The van der Waals surface area contributed by atoms with Crippen LogP contribution in [0.25, 0.3) is 0 Å². The normalized spacial score (nSPS) is 16.8. The van der Waals surface area contributed by atoms with Gasteiger partial charge in [-0.3, -0.25) is 4.79 Å². The second kappa shape index (κ2) is 7.72. The van der Waals surface area contributed by atoms with Crippen LogP contribution in [0.4, 0.5) is 0 Å². The van der Waals surface area contributed by atoms with Gasteiger partial charge in [-0.05, 0) is 42.9 Å². The number of methoxy groups -OCH3 is 2. The van der Waals surface area contributed by atoms with Crippen molar-refractivity contribution in [3.05, 3.63) is 35.9 Å². The first kappa shape index (κ1) is 15.4. The standard InChI is InChI=1S/C17H23NO3/c1-20-15-8-7-14(11-16(15)21-2)9-10-18-17(19)12-13-5-3-4-6-13/h3,5,7-8,11,13H,4,6,9-10,12H2,1-2H3,(H,18,19). The molecule has 0 spiro atoms. The van der Waals surface area contributed by atoms with Gasteiger partial charge in [0.15, 0.2) is 11.5 Å². The number of ether oxygens (including phenoxy) is 2. The Hall–Kier alpha value is -1.97. The first-order valence-corrected chi connectivity index (χ1v) is 7.37. The maximum Gasteiger partial charge on any atom is 0.220 e. The second-order valence-corrected chi connectivity index (χ2v) is 5.26. The molecule has 0 fully saturated rings. The molecule has 1 aromatic carbocycles. The van der Waals surface area contributed by atoms with E-state index in [2.05, 4.69) is 17.5 Å². The predicted octanol–water partition coefficient (Wildman–Crippen LogP) is 2.72. The van der Waals surface area contributed by atoms with E-state index in [1.807, 2.05) is 18.2 Å². The molecular weight excluding hydrogens is 266 g/mol. The Morgan fingerprint density at radius 1 is 1.29 bits per heavy atom. The fraction of sp³-hybridized carbons (Fsp3) is 0.471. The lowest BCUT2D eigenvalue weighted by molar-refractivity contribution is -0.121. The Kier molecular flexibility index (Phi) is 5.67. The van der Waals surface area contributed by atoms with Crippen molar-refractivity contribution in [1.29, 1.82) is 0 Å². The van der Waals surface area contributed by atoms with Crippen LogP contribution in [-0.2, 0) is 11.2 Å². The van der Waals surface area contributed by atoms with Gasteiger partial charge in [0.1, 0.15) is 0 Å². The van der Waals surface area contributed by atoms with Crippen molar-refractivity contribution in [3.63, 3.8) is 0 Å². The third-order valence-electron chi connectivity index (χ3n) is 3.74. The van der Waals surface area contributed by atoms with Gasteiger partial charge in [0.05, 0.1) is 14.2 Å². The van der Waals surface area contributed by atoms with Gasteiger partial charge >= 0.3 is 0 Å². The molecule has 1 aliphatic carbocycles. The van der Waals surface area contributed by atoms with Crippen LogP contribution in [0.1, 0.15) is 24.8 Å². The molecule has 4 nitrogen and oxygen atoms in total. The zero-order valence-corrected chi connectivity index (χ0v) is 12.7. The largest absolute Gasteiger partial charge is 0.493 e. The molecule has 0 saturated heterocycles. The highest BCUT2D eigenvalue weighted by Crippen LogP contribution is 2.27. The topological polar surface area (TPSA) is 47.6 Å². The summed E-state index contributed by atoms with van der Waals surface area (Å²) < 4.78 is 10.5. The fourth-order valence-electron chi connectivity index (χ4n) is 2.56. The van der Waals surface area contributed by atoms with Gasteiger partial charge in [-0.2, -0.15) is 0 Å². The Morgan fingerprint density at radius 3 is 2.76 bits per heavy atom. The summed E-state index contributed by atoms with van der Waals surface area (Å²) in [4.78, 5) is 11.8. The molecule has 0 saturated carbocycles. The molecule has 0 aliphatic heterocycles. The molecule has 0 heterocycles. The van der Waals surface area contributed by atoms with E-state index in [0.29, 0.717) is 18.9 Å². The molecule has 0 bridgehead atoms. The van der Waals surface area contributed by atoms with E-state index in [9.17, 15) is 4.79 Å². The average molecular weight is 289 g/mol. The van der Waals surface area contributed by atoms with Gasteiger partial charge in [-0.1, -0.05) is 18.2 Å². The van der Waals surface area contributed by atoms with Crippen molar-refractivity contribution in [3.8, 4) is 11.5 Å². The van der Waals surface area contributed by atoms with Crippen molar-refractivity contribution < 1.29 is 14.3 Å². The number of amides is 1. The summed E-state index contributed by atoms with van der Waals surface area (Å²) >= 11 is 0. The number of benzene rings is 1. The summed E-state index contributed by atoms with van der Waals surface area (Å²) in [6, 6.07) is 5.83. The highest BCUT2D eigenvalue weighted by atomic mass is 16.5. The summed E-state index contributed by atoms with van der Waals surface area (Å²) in [6.07, 6.45) is 7.89. The fourth-order valence-corrected chi connectivity index (χ4v) is 2.56. The Morgan fingerprint density at radius 2 is 2.10 bits per heavy atom. The average Bonchev–Trinajstić information content (AvgIpc) is 2.99. The predicted molar refractivity (Wildman–Crippen MR) is 82.7 cm³/mol. The smallest absolute Gasteiger partial charge is 0.220 e. The van der Waals surface area contributed by atoms with Crippen molar-refractivity contribution >= 4 is 5.91 Å². The second-order valence-electron chi connectivity index (χ2n) is 5.26. The number of carbonyl (C=O) groups excluding carboxylic acids is 1. The highest BCUT2D eigenvalue weighted by molar-refractivity contribution is 5.76. The number of hydrogen-bond donors (Lipinski definition) is 1. The van der Waals surface area contributed by atoms with E-state index in [1.54, 1.807) is 14.2 Å². The molecule has 1 N–H and O–H groups in total. The molecule has 1 aromatic rings. The number of allylic oxidation sites excluding steroid dienone is 2. The molecule has 1 atom stereocenters. The van der Waals surface area contributed by atoms with Gasteiger partial charge in [-0.15, -0.1) is 0 Å². The highest BCUT2D eigenvalue weighted by Gasteiger charge is 2.13. The number of rotatable bonds is 7. The van der Waals surface area contributed by atoms with Crippen molar-refractivity contribution in [2.45, 2.75) is 25.7 Å². The first-order valence-electron chi connectivity index (χ1n) is 7.37. The molecule has 1 amide bonds. The van der Waals surface area contributed by atoms with Crippen LogP contribution in [0.15, 0.2) is 30.4 Å². The van der Waals surface area contributed by atoms with Crippen LogP contribution in [0.5, 0.6) is 11.5 Å². The summed E-state index contributed by atoms with van der Waals surface area (Å²) in [7, 11) is 3.24. The molecule has 0 aromatic heterocycles. The molecule has 0 radical (unpaired) electrons. The van der Waals surface area contributed by atoms with Crippen molar-refractivity contribution in [1.82, 2.24) is 5.32 Å². The van der Waals surface area contributed by atoms with Crippen LogP contribution < -0.4 is 14.8 Å². The van der Waals surface area contributed by atoms with E-state index in [4.69, 9.17) is 9.47 Å². The minimum absolute atomic E-state index is 0.132. The maximum atomic E-state index is 11.8. The molecule has 1 aliphatic rings. The Balaban J connectivity index is 1.77. The molecule has 4 heteroatoms. The lowest BCUT2D eigenvalue weighted by Gasteiger charge is -2.11. The molecule has 1 unspecified atom stereocenters. The summed E-state index contributed by atoms with van der Waals surface area (Å²) in [5.74, 6) is 1.99. The van der Waals surface area contributed by atoms with Gasteiger partial charge in [-0.25, -0.2) is 0 Å². The quantitative estimate of drug-likeness (QED) is 0.785. The molecule has 21 heavy (non-hydrogen) atoms. The molecular formula is C17H23NO3. The maximum absolute atomic E-state index is 11.8. The van der Waals surface area contributed by atoms with Gasteiger partial charge < -0.3 is 14.8 Å². The summed E-state index contributed by atoms with van der Waals surface area (Å²) in [5, 5.41) is 2.98. The lowest BCUT2D eigenvalue weighted by Crippen LogP contribution is -2.27. The van der Waals surface area contributed by atoms with Crippen molar-refractivity contribution in [2.24, 2.45) is 5.92 Å². The Bertz CT molecular complexity index is 511. The minimum Gasteiger partial charge on any atom is -0.493 e. The van der Waals surface area contributed by atoms with Crippen LogP contribution in [0.2, 0.25) is 0 Å². The lowest BCUT2D eigenvalue weighted by atomic mass is 10.0. The van der Waals surface area contributed by atoms with Crippen LogP contribution in [-0.4, -0.2) is 26.7 Å². The summed E-state index contributed by atoms with van der Waals surface area (Å²) in [6.45, 7) is 0.644. The number of hydrogen-bond acceptors (Lipinski definition) is 3. The van der Waals surface area contributed by atoms with Crippen molar-refractivity contribution in [2.75, 3.05) is 20.8 Å². The SMILES string of the molecule is COc1ccc(CCNC(=O)CC2C=CCC2)cc1OC. The third-order valence-corrected chi connectivity index (χ3v) is 3.74. The van der Waals surface area contributed by atoms with E-state index >= 15 is 0 Å². The summed E-state index contributed by atoms with van der Waals surface area (Å²) in [5.41, 5.74) is 1.12. The van der Waals surface area contributed by atoms with Gasteiger partial charge in [0.2, 0.25) is 5.91 Å². The first-order chi connectivity index (χ1) is 10.2. The van der Waals surface area contributed by atoms with E-state index in [1.165, 1.54) is 0 Å². The number of nitrogens with one attached hydrogen (secondary N) is 1. The zero-order valence-electron chi connectivity index (χ0n) is 12.7. The molecule has 2 rings (SSSR count). The molecule has 114 valence electrons. The monoisotopic (exact) mass is 289 g/mol. The van der Waals surface area contributed by atoms with E-state index in [-0.39, 0.29) is 5.91 Å². The number of carbonyl (C=O) groups is 1. The van der Waals surface area contributed by atoms with E-state index in [0.717, 1.165) is 36.3 Å². The Labute approximate surface area is 126 Å². The minimum atomic E-state index is 0.132. The van der Waals surface area contributed by atoms with Gasteiger partial charge in [0.25, 0.3) is 0 Å². The van der Waals surface area contributed by atoms with E-state index < -0.39 is 0 Å². The van der Waals surface area contributed by atoms with Crippen LogP contribution >= 0.6 is 0 Å². The van der Waals surface area contributed by atoms with Gasteiger partial charge in [0, 0.05) is 13.0 Å². The van der Waals surface area contributed by atoms with Crippen LogP contribution in [0, 0.1) is 5.92 Å².